The van der Waals surface area contributed by atoms with Crippen molar-refractivity contribution >= 4 is 35.1 Å². The van der Waals surface area contributed by atoms with Crippen molar-refractivity contribution in [3.63, 3.8) is 0 Å². The second-order valence-electron chi connectivity index (χ2n) is 10.5. The van der Waals surface area contributed by atoms with Gasteiger partial charge in [-0.15, -0.1) is 0 Å². The second-order valence-corrected chi connectivity index (χ2v) is 11.3. The van der Waals surface area contributed by atoms with Gasteiger partial charge in [0.25, 0.3) is 0 Å². The Kier molecular flexibility index (Phi) is 12.1. The minimum Gasteiger partial charge on any atom is -0.497 e. The zero-order chi connectivity index (χ0) is 31.5. The fourth-order valence-electron chi connectivity index (χ4n) is 4.84. The van der Waals surface area contributed by atoms with Crippen LogP contribution in [0.4, 0.5) is 0 Å². The predicted octanol–water partition coefficient (Wildman–Crippen LogP) is 8.25. The molecular weight excluding hydrogens is 601 g/mol. The van der Waals surface area contributed by atoms with Crippen molar-refractivity contribution in [2.24, 2.45) is 0 Å². The summed E-state index contributed by atoms with van der Waals surface area (Å²) >= 11 is 13.0. The Bertz CT molecular complexity index is 1560. The Morgan fingerprint density at radius 1 is 0.795 bits per heavy atom. The van der Waals surface area contributed by atoms with Gasteiger partial charge in [-0.2, -0.15) is 0 Å². The van der Waals surface area contributed by atoms with E-state index in [0.717, 1.165) is 40.0 Å². The number of rotatable bonds is 16. The van der Waals surface area contributed by atoms with E-state index < -0.39 is 11.9 Å². The lowest BCUT2D eigenvalue weighted by Gasteiger charge is -2.23. The maximum absolute atomic E-state index is 11.2. The Labute approximate surface area is 267 Å². The molecule has 0 aliphatic carbocycles. The van der Waals surface area contributed by atoms with Gasteiger partial charge < -0.3 is 19.7 Å². The van der Waals surface area contributed by atoms with Crippen LogP contribution in [0.1, 0.15) is 46.3 Å². The van der Waals surface area contributed by atoms with Gasteiger partial charge in [-0.05, 0) is 96.6 Å². The molecule has 2 N–H and O–H groups in total. The molecule has 0 unspecified atom stereocenters. The summed E-state index contributed by atoms with van der Waals surface area (Å²) in [5.41, 5.74) is 5.04. The number of aliphatic carboxylic acids is 1. The molecule has 7 nitrogen and oxygen atoms in total. The molecular formula is C35H35Cl2NO6. The number of hydrogen-bond donors (Lipinski definition) is 2. The average molecular weight is 637 g/mol. The maximum atomic E-state index is 11.2. The van der Waals surface area contributed by atoms with Crippen LogP contribution in [0.2, 0.25) is 10.0 Å². The molecule has 4 aromatic carbocycles. The summed E-state index contributed by atoms with van der Waals surface area (Å²) in [6.45, 7) is 2.24. The molecule has 0 amide bonds. The molecule has 44 heavy (non-hydrogen) atoms. The molecule has 0 aliphatic heterocycles. The zero-order valence-corrected chi connectivity index (χ0v) is 26.0. The minimum absolute atomic E-state index is 0.122. The summed E-state index contributed by atoms with van der Waals surface area (Å²) in [5.74, 6) is -0.275. The number of carbonyl (C=O) groups is 2. The number of benzene rings is 4. The molecule has 0 saturated heterocycles. The molecule has 0 fully saturated rings. The normalized spacial score (nSPS) is 11.0. The van der Waals surface area contributed by atoms with Gasteiger partial charge in [0.15, 0.2) is 0 Å². The smallest absolute Gasteiger partial charge is 0.335 e. The standard InChI is InChI=1S/C35H35Cl2NO6/c1-43-31-14-11-25(12-15-31)27-9-10-29(32(37)21-27)23-44-33-16-13-30(36)20-28(33)17-19-38(18-3-2-4-34(39)40)22-24-5-7-26(8-6-24)35(41)42/h5-16,20-21H,2-4,17-19,22-23H2,1H3,(H,39,40)(H,41,42). The first-order valence-electron chi connectivity index (χ1n) is 14.3. The number of methoxy groups -OCH3 is 1. The Hall–Kier alpha value is -4.04. The maximum Gasteiger partial charge on any atom is 0.335 e. The largest absolute Gasteiger partial charge is 0.497 e. The first-order chi connectivity index (χ1) is 21.2. The van der Waals surface area contributed by atoms with Gasteiger partial charge in [-0.1, -0.05) is 59.6 Å². The van der Waals surface area contributed by atoms with E-state index in [1.165, 1.54) is 0 Å². The van der Waals surface area contributed by atoms with E-state index in [1.807, 2.05) is 66.7 Å². The first-order valence-corrected chi connectivity index (χ1v) is 15.1. The lowest BCUT2D eigenvalue weighted by Crippen LogP contribution is -2.27. The molecule has 0 radical (unpaired) electrons. The predicted molar refractivity (Wildman–Crippen MR) is 173 cm³/mol. The van der Waals surface area contributed by atoms with Crippen molar-refractivity contribution in [2.45, 2.75) is 38.8 Å². The number of halogens is 2. The molecule has 0 aliphatic rings. The monoisotopic (exact) mass is 635 g/mol. The van der Waals surface area contributed by atoms with Crippen LogP contribution < -0.4 is 9.47 Å². The molecule has 0 spiro atoms. The topological polar surface area (TPSA) is 96.3 Å². The van der Waals surface area contributed by atoms with Gasteiger partial charge in [0.2, 0.25) is 0 Å². The minimum atomic E-state index is -0.968. The van der Waals surface area contributed by atoms with Crippen LogP contribution in [0, 0.1) is 0 Å². The molecule has 0 heterocycles. The van der Waals surface area contributed by atoms with Gasteiger partial charge in [0.1, 0.15) is 18.1 Å². The quantitative estimate of drug-likeness (QED) is 0.120. The van der Waals surface area contributed by atoms with Gasteiger partial charge in [0.05, 0.1) is 12.7 Å². The van der Waals surface area contributed by atoms with Crippen LogP contribution >= 0.6 is 23.2 Å². The molecule has 0 saturated carbocycles. The molecule has 0 aromatic heterocycles. The van der Waals surface area contributed by atoms with E-state index in [9.17, 15) is 14.7 Å². The van der Waals surface area contributed by atoms with Crippen LogP contribution in [0.25, 0.3) is 11.1 Å². The number of nitrogens with zero attached hydrogens (tertiary/aromatic N) is 1. The molecule has 0 atom stereocenters. The number of aromatic carboxylic acids is 1. The van der Waals surface area contributed by atoms with Gasteiger partial charge in [-0.25, -0.2) is 4.79 Å². The average Bonchev–Trinajstić information content (AvgIpc) is 3.02. The number of unbranched alkanes of at least 4 members (excludes halogenated alkanes) is 1. The summed E-state index contributed by atoms with van der Waals surface area (Å²) in [6.07, 6.45) is 2.07. The Morgan fingerprint density at radius 2 is 1.52 bits per heavy atom. The molecule has 4 aromatic rings. The molecule has 9 heteroatoms. The first kappa shape index (κ1) is 32.9. The Balaban J connectivity index is 1.43. The van der Waals surface area contributed by atoms with E-state index in [0.29, 0.717) is 48.3 Å². The third-order valence-corrected chi connectivity index (χ3v) is 7.89. The van der Waals surface area contributed by atoms with Crippen LogP contribution in [-0.2, 0) is 24.4 Å². The highest BCUT2D eigenvalue weighted by molar-refractivity contribution is 6.31. The number of ether oxygens (including phenoxy) is 2. The summed E-state index contributed by atoms with van der Waals surface area (Å²) in [6, 6.07) is 26.1. The number of hydrogen-bond acceptors (Lipinski definition) is 5. The van der Waals surface area contributed by atoms with E-state index in [4.69, 9.17) is 37.8 Å². The highest BCUT2D eigenvalue weighted by Gasteiger charge is 2.13. The number of carboxylic acid groups (broad SMARTS) is 2. The van der Waals surface area contributed by atoms with Crippen molar-refractivity contribution in [3.8, 4) is 22.6 Å². The van der Waals surface area contributed by atoms with Crippen molar-refractivity contribution in [1.29, 1.82) is 0 Å². The lowest BCUT2D eigenvalue weighted by atomic mass is 10.0. The summed E-state index contributed by atoms with van der Waals surface area (Å²) in [5, 5.41) is 19.5. The summed E-state index contributed by atoms with van der Waals surface area (Å²) in [4.78, 5) is 24.5. The van der Waals surface area contributed by atoms with Crippen LogP contribution in [-0.4, -0.2) is 47.3 Å². The van der Waals surface area contributed by atoms with Crippen molar-refractivity contribution in [2.75, 3.05) is 20.2 Å². The molecule has 0 bridgehead atoms. The lowest BCUT2D eigenvalue weighted by molar-refractivity contribution is -0.137. The molecule has 4 rings (SSSR count). The van der Waals surface area contributed by atoms with Crippen molar-refractivity contribution in [3.05, 3.63) is 117 Å². The van der Waals surface area contributed by atoms with E-state index in [1.54, 1.807) is 25.3 Å². The summed E-state index contributed by atoms with van der Waals surface area (Å²) in [7, 11) is 1.64. The Morgan fingerprint density at radius 3 is 2.18 bits per heavy atom. The fourth-order valence-corrected chi connectivity index (χ4v) is 5.27. The second kappa shape index (κ2) is 16.1. The van der Waals surface area contributed by atoms with E-state index >= 15 is 0 Å². The summed E-state index contributed by atoms with van der Waals surface area (Å²) < 4.78 is 11.5. The fraction of sp³-hybridized carbons (Fsp3) is 0.257. The van der Waals surface area contributed by atoms with Crippen LogP contribution in [0.15, 0.2) is 84.9 Å². The van der Waals surface area contributed by atoms with E-state index in [-0.39, 0.29) is 18.6 Å². The van der Waals surface area contributed by atoms with Gasteiger partial charge >= 0.3 is 11.9 Å². The van der Waals surface area contributed by atoms with Crippen LogP contribution in [0.3, 0.4) is 0 Å². The SMILES string of the molecule is COc1ccc(-c2ccc(COc3ccc(Cl)cc3CCN(CCCCC(=O)O)Cc3ccc(C(=O)O)cc3)c(Cl)c2)cc1. The van der Waals surface area contributed by atoms with E-state index in [2.05, 4.69) is 4.90 Å². The van der Waals surface area contributed by atoms with Crippen LogP contribution in [0.5, 0.6) is 11.5 Å². The number of carboxylic acids is 2. The highest BCUT2D eigenvalue weighted by Crippen LogP contribution is 2.30. The zero-order valence-electron chi connectivity index (χ0n) is 24.5. The molecule has 230 valence electrons. The van der Waals surface area contributed by atoms with Crippen molar-refractivity contribution in [1.82, 2.24) is 4.90 Å². The third-order valence-electron chi connectivity index (χ3n) is 7.30. The third kappa shape index (κ3) is 9.74. The van der Waals surface area contributed by atoms with Gasteiger partial charge in [0, 0.05) is 35.1 Å². The highest BCUT2D eigenvalue weighted by atomic mass is 35.5. The van der Waals surface area contributed by atoms with Gasteiger partial charge in [-0.3, -0.25) is 9.69 Å². The van der Waals surface area contributed by atoms with Crippen molar-refractivity contribution < 1.29 is 29.3 Å².